The molecular formula is C17H28F5NO3. The zero-order valence-corrected chi connectivity index (χ0v) is 15.5. The lowest BCUT2D eigenvalue weighted by Crippen LogP contribution is -2.36. The molecule has 26 heavy (non-hydrogen) atoms. The average Bonchev–Trinajstić information content (AvgIpc) is 2.86. The van der Waals surface area contributed by atoms with Crippen LogP contribution in [0.1, 0.15) is 72.1 Å². The van der Waals surface area contributed by atoms with E-state index in [1.807, 2.05) is 0 Å². The Balaban J connectivity index is 2.23. The van der Waals surface area contributed by atoms with Gasteiger partial charge in [0.15, 0.2) is 0 Å². The lowest BCUT2D eigenvalue weighted by atomic mass is 10.0. The van der Waals surface area contributed by atoms with Crippen molar-refractivity contribution in [2.45, 2.75) is 95.9 Å². The highest BCUT2D eigenvalue weighted by molar-refractivity contribution is 5.60. The summed E-state index contributed by atoms with van der Waals surface area (Å²) in [4.78, 5) is 16.9. The van der Waals surface area contributed by atoms with Crippen molar-refractivity contribution < 1.29 is 36.3 Å². The van der Waals surface area contributed by atoms with Crippen LogP contribution in [0.15, 0.2) is 0 Å². The van der Waals surface area contributed by atoms with E-state index in [0.717, 1.165) is 12.8 Å². The number of hydrogen-bond acceptors (Lipinski definition) is 4. The topological polar surface area (TPSA) is 38.8 Å². The minimum atomic E-state index is -5.48. The SMILES string of the molecule is CC(C)(C)OC(=O)ON1CCC[C@H]1CCCCCCC(F)(F)C(F)(F)F. The van der Waals surface area contributed by atoms with Crippen LogP contribution in [-0.2, 0) is 9.57 Å². The van der Waals surface area contributed by atoms with E-state index >= 15 is 0 Å². The summed E-state index contributed by atoms with van der Waals surface area (Å²) in [6.07, 6.45) is -3.64. The van der Waals surface area contributed by atoms with Gasteiger partial charge in [0, 0.05) is 19.0 Å². The molecule has 1 rings (SSSR count). The molecule has 154 valence electrons. The third-order valence-electron chi connectivity index (χ3n) is 4.10. The highest BCUT2D eigenvalue weighted by Crippen LogP contribution is 2.39. The second-order valence-corrected chi connectivity index (χ2v) is 7.65. The molecule has 1 heterocycles. The van der Waals surface area contributed by atoms with Crippen molar-refractivity contribution in [2.24, 2.45) is 0 Å². The molecule has 0 aromatic rings. The van der Waals surface area contributed by atoms with E-state index in [1.165, 1.54) is 0 Å². The molecule has 1 fully saturated rings. The maximum Gasteiger partial charge on any atom is 0.528 e. The molecule has 1 aliphatic rings. The Kier molecular flexibility index (Phi) is 8.10. The molecule has 0 spiro atoms. The third-order valence-corrected chi connectivity index (χ3v) is 4.10. The quantitative estimate of drug-likeness (QED) is 0.296. The molecule has 0 unspecified atom stereocenters. The van der Waals surface area contributed by atoms with E-state index in [1.54, 1.807) is 25.8 Å². The number of nitrogens with zero attached hydrogens (tertiary/aromatic N) is 1. The van der Waals surface area contributed by atoms with Gasteiger partial charge in [-0.25, -0.2) is 4.79 Å². The normalized spacial score (nSPS) is 19.6. The summed E-state index contributed by atoms with van der Waals surface area (Å²) in [5, 5.41) is 1.58. The van der Waals surface area contributed by atoms with Crippen molar-refractivity contribution in [1.82, 2.24) is 5.06 Å². The number of carbonyl (C=O) groups excluding carboxylic acids is 1. The molecule has 0 aromatic heterocycles. The number of alkyl halides is 5. The molecule has 0 aromatic carbocycles. The molecule has 0 saturated carbocycles. The highest BCUT2D eigenvalue weighted by Gasteiger charge is 2.56. The fraction of sp³-hybridized carbons (Fsp3) is 0.941. The van der Waals surface area contributed by atoms with Crippen molar-refractivity contribution in [1.29, 1.82) is 0 Å². The van der Waals surface area contributed by atoms with Crippen molar-refractivity contribution in [3.8, 4) is 0 Å². The van der Waals surface area contributed by atoms with Gasteiger partial charge in [-0.15, -0.1) is 5.06 Å². The first-order valence-corrected chi connectivity index (χ1v) is 8.94. The first-order chi connectivity index (χ1) is 11.8. The van der Waals surface area contributed by atoms with Crippen LogP contribution in [0.4, 0.5) is 26.7 Å². The first kappa shape index (κ1) is 22.9. The molecule has 0 aliphatic carbocycles. The maximum absolute atomic E-state index is 12.8. The molecule has 0 amide bonds. The van der Waals surface area contributed by atoms with Gasteiger partial charge >= 0.3 is 18.3 Å². The highest BCUT2D eigenvalue weighted by atomic mass is 19.4. The van der Waals surface area contributed by atoms with Crippen LogP contribution in [0.25, 0.3) is 0 Å². The molecule has 9 heteroatoms. The van der Waals surface area contributed by atoms with Gasteiger partial charge in [0.05, 0.1) is 0 Å². The predicted molar refractivity (Wildman–Crippen MR) is 85.8 cm³/mol. The lowest BCUT2D eigenvalue weighted by Gasteiger charge is -2.25. The Morgan fingerprint density at radius 2 is 1.65 bits per heavy atom. The van der Waals surface area contributed by atoms with Gasteiger partial charge in [0.1, 0.15) is 5.60 Å². The Bertz CT molecular complexity index is 449. The number of halogens is 5. The second-order valence-electron chi connectivity index (χ2n) is 7.65. The largest absolute Gasteiger partial charge is 0.528 e. The lowest BCUT2D eigenvalue weighted by molar-refractivity contribution is -0.284. The van der Waals surface area contributed by atoms with Crippen LogP contribution in [0.3, 0.4) is 0 Å². The van der Waals surface area contributed by atoms with Crippen molar-refractivity contribution >= 4 is 6.16 Å². The smallest absolute Gasteiger partial charge is 0.427 e. The molecular weight excluding hydrogens is 361 g/mol. The summed E-state index contributed by atoms with van der Waals surface area (Å²) in [5.41, 5.74) is -0.648. The number of unbranched alkanes of at least 4 members (excludes halogenated alkanes) is 3. The Hall–Kier alpha value is -1.12. The molecule has 1 aliphatic heterocycles. The van der Waals surface area contributed by atoms with Gasteiger partial charge in [-0.2, -0.15) is 22.0 Å². The number of hydroxylamine groups is 2. The van der Waals surface area contributed by atoms with Gasteiger partial charge < -0.3 is 9.57 Å². The van der Waals surface area contributed by atoms with Gasteiger partial charge in [-0.3, -0.25) is 0 Å². The minimum Gasteiger partial charge on any atom is -0.427 e. The zero-order chi connectivity index (χ0) is 20.0. The average molecular weight is 389 g/mol. The molecule has 1 atom stereocenters. The van der Waals surface area contributed by atoms with Crippen LogP contribution in [0.2, 0.25) is 0 Å². The van der Waals surface area contributed by atoms with E-state index in [4.69, 9.17) is 9.57 Å². The van der Waals surface area contributed by atoms with Crippen LogP contribution in [0.5, 0.6) is 0 Å². The standard InChI is InChI=1S/C17H28F5NO3/c1-15(2,3)25-14(24)26-23-12-8-10-13(23)9-6-4-5-7-11-16(18,19)17(20,21)22/h13H,4-12H2,1-3H3/t13-/m1/s1. The van der Waals surface area contributed by atoms with Crippen molar-refractivity contribution in [3.63, 3.8) is 0 Å². The molecule has 0 bridgehead atoms. The monoisotopic (exact) mass is 389 g/mol. The summed E-state index contributed by atoms with van der Waals surface area (Å²) in [5.74, 6) is -4.61. The van der Waals surface area contributed by atoms with Crippen LogP contribution < -0.4 is 0 Å². The summed E-state index contributed by atoms with van der Waals surface area (Å²) in [7, 11) is 0. The number of ether oxygens (including phenoxy) is 1. The van der Waals surface area contributed by atoms with Crippen molar-refractivity contribution in [2.75, 3.05) is 6.54 Å². The fourth-order valence-electron chi connectivity index (χ4n) is 2.80. The second kappa shape index (κ2) is 9.19. The van der Waals surface area contributed by atoms with Crippen LogP contribution >= 0.6 is 0 Å². The fourth-order valence-corrected chi connectivity index (χ4v) is 2.80. The Morgan fingerprint density at radius 3 is 2.23 bits per heavy atom. The minimum absolute atomic E-state index is 0.0270. The summed E-state index contributed by atoms with van der Waals surface area (Å²) in [6.45, 7) is 5.80. The maximum atomic E-state index is 12.8. The number of hydrogen-bond donors (Lipinski definition) is 0. The summed E-state index contributed by atoms with van der Waals surface area (Å²) >= 11 is 0. The summed E-state index contributed by atoms with van der Waals surface area (Å²) < 4.78 is 66.8. The van der Waals surface area contributed by atoms with Gasteiger partial charge in [-0.1, -0.05) is 19.3 Å². The molecule has 0 N–H and O–H groups in total. The van der Waals surface area contributed by atoms with E-state index in [2.05, 4.69) is 0 Å². The molecule has 1 saturated heterocycles. The van der Waals surface area contributed by atoms with E-state index in [-0.39, 0.29) is 12.5 Å². The van der Waals surface area contributed by atoms with E-state index in [0.29, 0.717) is 32.2 Å². The molecule has 4 nitrogen and oxygen atoms in total. The molecule has 0 radical (unpaired) electrons. The first-order valence-electron chi connectivity index (χ1n) is 8.94. The predicted octanol–water partition coefficient (Wildman–Crippen LogP) is 5.86. The van der Waals surface area contributed by atoms with Gasteiger partial charge in [-0.05, 0) is 46.5 Å². The van der Waals surface area contributed by atoms with E-state index < -0.39 is 30.3 Å². The summed E-state index contributed by atoms with van der Waals surface area (Å²) in [6, 6.07) is 0.0270. The zero-order valence-electron chi connectivity index (χ0n) is 15.5. The Labute approximate surface area is 151 Å². The third kappa shape index (κ3) is 8.05. The van der Waals surface area contributed by atoms with Gasteiger partial charge in [0.2, 0.25) is 0 Å². The number of carbonyl (C=O) groups is 1. The van der Waals surface area contributed by atoms with Gasteiger partial charge in [0.25, 0.3) is 0 Å². The number of rotatable bonds is 8. The Morgan fingerprint density at radius 1 is 1.04 bits per heavy atom. The van der Waals surface area contributed by atoms with Crippen LogP contribution in [0, 0.1) is 0 Å². The van der Waals surface area contributed by atoms with Crippen molar-refractivity contribution in [3.05, 3.63) is 0 Å². The van der Waals surface area contributed by atoms with E-state index in [9.17, 15) is 26.7 Å². The van der Waals surface area contributed by atoms with Crippen LogP contribution in [-0.4, -0.2) is 41.5 Å².